The van der Waals surface area contributed by atoms with Gasteiger partial charge in [0.1, 0.15) is 5.75 Å². The highest BCUT2D eigenvalue weighted by atomic mass is 16.5. The molecule has 2 aromatic rings. The number of methoxy groups -OCH3 is 1. The molecule has 0 aliphatic heterocycles. The van der Waals surface area contributed by atoms with Gasteiger partial charge in [0.2, 0.25) is 11.8 Å². The molecule has 1 aliphatic rings. The number of nitrogens with two attached hydrogens (primary N) is 1. The van der Waals surface area contributed by atoms with E-state index in [1.807, 2.05) is 12.1 Å². The molecule has 0 saturated heterocycles. The van der Waals surface area contributed by atoms with E-state index in [1.165, 1.54) is 0 Å². The second-order valence-corrected chi connectivity index (χ2v) is 7.21. The summed E-state index contributed by atoms with van der Waals surface area (Å²) >= 11 is 0. The van der Waals surface area contributed by atoms with E-state index in [9.17, 15) is 14.4 Å². The summed E-state index contributed by atoms with van der Waals surface area (Å²) < 4.78 is 5.16. The van der Waals surface area contributed by atoms with Crippen molar-refractivity contribution in [3.63, 3.8) is 0 Å². The normalized spacial score (nSPS) is 12.7. The monoisotopic (exact) mass is 410 g/mol. The highest BCUT2D eigenvalue weighted by Crippen LogP contribution is 2.21. The van der Waals surface area contributed by atoms with Gasteiger partial charge in [-0.2, -0.15) is 0 Å². The molecular formula is C22H26N4O4. The number of anilines is 2. The van der Waals surface area contributed by atoms with Crippen molar-refractivity contribution in [3.05, 3.63) is 54.1 Å². The van der Waals surface area contributed by atoms with Gasteiger partial charge in [-0.05, 0) is 55.3 Å². The Labute approximate surface area is 175 Å². The third-order valence-electron chi connectivity index (χ3n) is 4.72. The van der Waals surface area contributed by atoms with Gasteiger partial charge >= 0.3 is 0 Å². The summed E-state index contributed by atoms with van der Waals surface area (Å²) in [6.07, 6.45) is 2.14. The van der Waals surface area contributed by atoms with Crippen LogP contribution in [0.4, 0.5) is 11.4 Å². The Morgan fingerprint density at radius 2 is 1.87 bits per heavy atom. The van der Waals surface area contributed by atoms with Gasteiger partial charge in [0.15, 0.2) is 0 Å². The molecule has 3 amide bonds. The number of amides is 3. The van der Waals surface area contributed by atoms with Crippen LogP contribution in [-0.2, 0) is 9.59 Å². The molecule has 158 valence electrons. The van der Waals surface area contributed by atoms with E-state index >= 15 is 0 Å². The Morgan fingerprint density at radius 3 is 2.50 bits per heavy atom. The number of benzene rings is 2. The molecule has 3 rings (SSSR count). The second kappa shape index (κ2) is 9.78. The zero-order valence-electron chi connectivity index (χ0n) is 16.9. The van der Waals surface area contributed by atoms with Gasteiger partial charge in [0.05, 0.1) is 13.7 Å². The maximum absolute atomic E-state index is 12.6. The van der Waals surface area contributed by atoms with Gasteiger partial charge < -0.3 is 26.0 Å². The van der Waals surface area contributed by atoms with E-state index in [1.54, 1.807) is 48.4 Å². The van der Waals surface area contributed by atoms with E-state index in [4.69, 9.17) is 10.5 Å². The molecule has 0 atom stereocenters. The van der Waals surface area contributed by atoms with Gasteiger partial charge in [0, 0.05) is 35.9 Å². The number of carbonyl (C=O) groups excluding carboxylic acids is 3. The minimum absolute atomic E-state index is 0.0259. The molecule has 4 N–H and O–H groups in total. The van der Waals surface area contributed by atoms with E-state index in [-0.39, 0.29) is 30.8 Å². The first-order valence-electron chi connectivity index (χ1n) is 9.82. The molecule has 0 spiro atoms. The van der Waals surface area contributed by atoms with E-state index in [0.717, 1.165) is 18.5 Å². The number of carbonyl (C=O) groups is 3. The van der Waals surface area contributed by atoms with Gasteiger partial charge in [-0.1, -0.05) is 6.07 Å². The van der Waals surface area contributed by atoms with Crippen LogP contribution in [0.5, 0.6) is 5.75 Å². The smallest absolute Gasteiger partial charge is 0.251 e. The Hall–Kier alpha value is -3.55. The summed E-state index contributed by atoms with van der Waals surface area (Å²) in [6.45, 7) is 0.330. The molecule has 0 unspecified atom stereocenters. The maximum atomic E-state index is 12.6. The Balaban J connectivity index is 1.65. The van der Waals surface area contributed by atoms with Crippen LogP contribution in [0.25, 0.3) is 0 Å². The summed E-state index contributed by atoms with van der Waals surface area (Å²) in [6, 6.07) is 14.3. The zero-order chi connectivity index (χ0) is 21.5. The maximum Gasteiger partial charge on any atom is 0.251 e. The number of nitrogens with one attached hydrogen (secondary N) is 2. The third kappa shape index (κ3) is 6.23. The van der Waals surface area contributed by atoms with Crippen LogP contribution in [0.2, 0.25) is 0 Å². The highest BCUT2D eigenvalue weighted by molar-refractivity contribution is 5.98. The fourth-order valence-corrected chi connectivity index (χ4v) is 2.95. The molecular weight excluding hydrogens is 384 g/mol. The number of primary amides is 1. The van der Waals surface area contributed by atoms with Crippen LogP contribution in [0.3, 0.4) is 0 Å². The minimum atomic E-state index is -0.441. The van der Waals surface area contributed by atoms with Crippen LogP contribution in [0, 0.1) is 0 Å². The van der Waals surface area contributed by atoms with Crippen molar-refractivity contribution < 1.29 is 19.1 Å². The first kappa shape index (κ1) is 21.2. The van der Waals surface area contributed by atoms with Crippen LogP contribution in [0.15, 0.2) is 48.5 Å². The summed E-state index contributed by atoms with van der Waals surface area (Å²) in [5.41, 5.74) is 7.08. The quantitative estimate of drug-likeness (QED) is 0.554. The SMILES string of the molecule is COc1ccc(N(CCC(N)=O)CC(=O)Nc2cccc(C(=O)NC3CC3)c2)cc1. The van der Waals surface area contributed by atoms with Crippen molar-refractivity contribution in [2.75, 3.05) is 30.4 Å². The molecule has 30 heavy (non-hydrogen) atoms. The zero-order valence-corrected chi connectivity index (χ0v) is 16.9. The van der Waals surface area contributed by atoms with Crippen molar-refractivity contribution in [3.8, 4) is 5.75 Å². The van der Waals surface area contributed by atoms with Crippen LogP contribution >= 0.6 is 0 Å². The second-order valence-electron chi connectivity index (χ2n) is 7.21. The lowest BCUT2D eigenvalue weighted by molar-refractivity contribution is -0.118. The fraction of sp³-hybridized carbons (Fsp3) is 0.318. The Kier molecular flexibility index (Phi) is 6.90. The highest BCUT2D eigenvalue weighted by Gasteiger charge is 2.24. The minimum Gasteiger partial charge on any atom is -0.497 e. The standard InChI is InChI=1S/C22H26N4O4/c1-30-19-9-7-18(8-10-19)26(12-11-20(23)27)14-21(28)24-17-4-2-3-15(13-17)22(29)25-16-5-6-16/h2-4,7-10,13,16H,5-6,11-12,14H2,1H3,(H2,23,27)(H,24,28)(H,25,29). The molecule has 1 aliphatic carbocycles. The molecule has 0 radical (unpaired) electrons. The van der Waals surface area contributed by atoms with Crippen molar-refractivity contribution in [2.45, 2.75) is 25.3 Å². The number of hydrogen-bond donors (Lipinski definition) is 3. The summed E-state index contributed by atoms with van der Waals surface area (Å²) in [4.78, 5) is 37.8. The van der Waals surface area contributed by atoms with Crippen molar-refractivity contribution >= 4 is 29.1 Å². The predicted octanol–water partition coefficient (Wildman–Crippen LogP) is 1.91. The van der Waals surface area contributed by atoms with Crippen LogP contribution in [0.1, 0.15) is 29.6 Å². The number of ether oxygens (including phenoxy) is 1. The molecule has 0 bridgehead atoms. The Bertz CT molecular complexity index is 910. The number of nitrogens with zero attached hydrogens (tertiary/aromatic N) is 1. The Morgan fingerprint density at radius 1 is 1.13 bits per heavy atom. The largest absolute Gasteiger partial charge is 0.497 e. The van der Waals surface area contributed by atoms with Crippen molar-refractivity contribution in [1.29, 1.82) is 0 Å². The number of rotatable bonds is 10. The lowest BCUT2D eigenvalue weighted by Crippen LogP contribution is -2.35. The summed E-state index contributed by atoms with van der Waals surface area (Å²) in [5, 5.41) is 5.74. The van der Waals surface area contributed by atoms with Crippen LogP contribution in [-0.4, -0.2) is 44.0 Å². The molecule has 1 fully saturated rings. The van der Waals surface area contributed by atoms with Crippen LogP contribution < -0.4 is 26.0 Å². The van der Waals surface area contributed by atoms with Gasteiger partial charge in [-0.15, -0.1) is 0 Å². The lowest BCUT2D eigenvalue weighted by Gasteiger charge is -2.24. The first-order chi connectivity index (χ1) is 14.4. The average molecular weight is 410 g/mol. The fourth-order valence-electron chi connectivity index (χ4n) is 2.95. The first-order valence-corrected chi connectivity index (χ1v) is 9.82. The summed E-state index contributed by atoms with van der Waals surface area (Å²) in [5.74, 6) is -0.160. The molecule has 8 nitrogen and oxygen atoms in total. The molecule has 2 aromatic carbocycles. The third-order valence-corrected chi connectivity index (χ3v) is 4.72. The molecule has 1 saturated carbocycles. The van der Waals surface area contributed by atoms with E-state index in [0.29, 0.717) is 23.5 Å². The topological polar surface area (TPSA) is 114 Å². The lowest BCUT2D eigenvalue weighted by atomic mass is 10.2. The van der Waals surface area contributed by atoms with E-state index < -0.39 is 5.91 Å². The molecule has 8 heteroatoms. The van der Waals surface area contributed by atoms with Crippen molar-refractivity contribution in [1.82, 2.24) is 5.32 Å². The predicted molar refractivity (Wildman–Crippen MR) is 115 cm³/mol. The van der Waals surface area contributed by atoms with Gasteiger partial charge in [-0.3, -0.25) is 14.4 Å². The van der Waals surface area contributed by atoms with Crippen molar-refractivity contribution in [2.24, 2.45) is 5.73 Å². The van der Waals surface area contributed by atoms with Gasteiger partial charge in [-0.25, -0.2) is 0 Å². The van der Waals surface area contributed by atoms with Gasteiger partial charge in [0.25, 0.3) is 5.91 Å². The number of hydrogen-bond acceptors (Lipinski definition) is 5. The average Bonchev–Trinajstić information content (AvgIpc) is 3.55. The van der Waals surface area contributed by atoms with E-state index in [2.05, 4.69) is 10.6 Å². The summed E-state index contributed by atoms with van der Waals surface area (Å²) in [7, 11) is 1.58. The molecule has 0 heterocycles. The molecule has 0 aromatic heterocycles.